The number of nitrogens with zero attached hydrogens (tertiary/aromatic N) is 3. The number of nitrogens with two attached hydrogens (primary N) is 1. The minimum Gasteiger partial charge on any atom is -0.330 e. The summed E-state index contributed by atoms with van der Waals surface area (Å²) in [5, 5.41) is 1.07. The smallest absolute Gasteiger partial charge is 0.159 e. The molecule has 2 rings (SSSR count). The summed E-state index contributed by atoms with van der Waals surface area (Å²) in [5.74, 6) is 0. The standard InChI is InChI=1S/C14H20N4/c1-14(6-7-15,18(2)3)12-9-11-5-4-8-16-13(11)17-10-12/h4-5,8-10H,6-7,15H2,1-3H3. The molecule has 1 unspecified atom stereocenters. The fourth-order valence-corrected chi connectivity index (χ4v) is 2.17. The second kappa shape index (κ2) is 5.00. The van der Waals surface area contributed by atoms with Crippen LogP contribution in [0.4, 0.5) is 0 Å². The van der Waals surface area contributed by atoms with E-state index in [-0.39, 0.29) is 5.54 Å². The summed E-state index contributed by atoms with van der Waals surface area (Å²) in [7, 11) is 4.15. The van der Waals surface area contributed by atoms with Crippen LogP contribution >= 0.6 is 0 Å². The quantitative estimate of drug-likeness (QED) is 0.890. The first-order chi connectivity index (χ1) is 8.58. The molecule has 0 amide bonds. The van der Waals surface area contributed by atoms with Crippen LogP contribution in [0.2, 0.25) is 0 Å². The molecular formula is C14H20N4. The molecule has 1 atom stereocenters. The molecule has 0 radical (unpaired) electrons. The largest absolute Gasteiger partial charge is 0.330 e. The van der Waals surface area contributed by atoms with Crippen molar-refractivity contribution in [2.75, 3.05) is 20.6 Å². The molecule has 0 bridgehead atoms. The second-order valence-electron chi connectivity index (χ2n) is 4.98. The van der Waals surface area contributed by atoms with Gasteiger partial charge in [-0.1, -0.05) is 0 Å². The molecule has 2 heterocycles. The number of hydrogen-bond donors (Lipinski definition) is 1. The number of pyridine rings is 2. The molecule has 0 aliphatic heterocycles. The summed E-state index contributed by atoms with van der Waals surface area (Å²) in [5.41, 5.74) is 7.62. The van der Waals surface area contributed by atoms with Crippen molar-refractivity contribution in [1.29, 1.82) is 0 Å². The molecule has 0 fully saturated rings. The average molecular weight is 244 g/mol. The zero-order valence-electron chi connectivity index (χ0n) is 11.2. The van der Waals surface area contributed by atoms with Gasteiger partial charge in [-0.3, -0.25) is 4.90 Å². The van der Waals surface area contributed by atoms with E-state index in [4.69, 9.17) is 5.73 Å². The molecule has 96 valence electrons. The first kappa shape index (κ1) is 12.9. The molecule has 2 aromatic rings. The van der Waals surface area contributed by atoms with E-state index >= 15 is 0 Å². The van der Waals surface area contributed by atoms with Crippen LogP contribution in [0, 0.1) is 0 Å². The lowest BCUT2D eigenvalue weighted by Crippen LogP contribution is -2.40. The second-order valence-corrected chi connectivity index (χ2v) is 4.98. The molecule has 0 aliphatic rings. The Bertz CT molecular complexity index is 538. The van der Waals surface area contributed by atoms with Crippen molar-refractivity contribution in [3.8, 4) is 0 Å². The van der Waals surface area contributed by atoms with Gasteiger partial charge in [-0.05, 0) is 57.7 Å². The molecule has 0 aliphatic carbocycles. The van der Waals surface area contributed by atoms with E-state index in [2.05, 4.69) is 42.0 Å². The SMILES string of the molecule is CN(C)C(C)(CCN)c1cnc2ncccc2c1. The van der Waals surface area contributed by atoms with Crippen molar-refractivity contribution in [3.63, 3.8) is 0 Å². The van der Waals surface area contributed by atoms with Gasteiger partial charge in [-0.25, -0.2) is 9.97 Å². The van der Waals surface area contributed by atoms with Crippen LogP contribution in [0.1, 0.15) is 18.9 Å². The number of fused-ring (bicyclic) bond motifs is 1. The summed E-state index contributed by atoms with van der Waals surface area (Å²) in [6, 6.07) is 6.13. The molecule has 4 heteroatoms. The van der Waals surface area contributed by atoms with Crippen LogP contribution in [-0.2, 0) is 5.54 Å². The Labute approximate surface area is 108 Å². The van der Waals surface area contributed by atoms with Gasteiger partial charge in [-0.15, -0.1) is 0 Å². The van der Waals surface area contributed by atoms with E-state index in [0.29, 0.717) is 6.54 Å². The maximum absolute atomic E-state index is 5.74. The van der Waals surface area contributed by atoms with Crippen LogP contribution in [0.25, 0.3) is 11.0 Å². The van der Waals surface area contributed by atoms with Gasteiger partial charge in [0, 0.05) is 23.3 Å². The molecule has 4 nitrogen and oxygen atoms in total. The van der Waals surface area contributed by atoms with E-state index in [0.717, 1.165) is 17.5 Å². The highest BCUT2D eigenvalue weighted by atomic mass is 15.1. The topological polar surface area (TPSA) is 55.0 Å². The van der Waals surface area contributed by atoms with Crippen LogP contribution in [0.15, 0.2) is 30.6 Å². The molecule has 2 aromatic heterocycles. The average Bonchev–Trinajstić information content (AvgIpc) is 2.38. The zero-order chi connectivity index (χ0) is 13.2. The van der Waals surface area contributed by atoms with E-state index in [1.54, 1.807) is 6.20 Å². The number of aromatic nitrogens is 2. The van der Waals surface area contributed by atoms with E-state index in [9.17, 15) is 0 Å². The third kappa shape index (κ3) is 2.21. The highest BCUT2D eigenvalue weighted by Gasteiger charge is 2.28. The van der Waals surface area contributed by atoms with Gasteiger partial charge < -0.3 is 5.73 Å². The first-order valence-corrected chi connectivity index (χ1v) is 6.16. The van der Waals surface area contributed by atoms with Crippen LogP contribution in [0.3, 0.4) is 0 Å². The maximum atomic E-state index is 5.74. The number of hydrogen-bond acceptors (Lipinski definition) is 4. The molecule has 0 saturated heterocycles. The molecule has 0 aromatic carbocycles. The Morgan fingerprint density at radius 1 is 1.33 bits per heavy atom. The Morgan fingerprint density at radius 3 is 2.78 bits per heavy atom. The van der Waals surface area contributed by atoms with E-state index in [1.165, 1.54) is 5.56 Å². The molecule has 2 N–H and O–H groups in total. The van der Waals surface area contributed by atoms with Gasteiger partial charge >= 0.3 is 0 Å². The lowest BCUT2D eigenvalue weighted by atomic mass is 9.88. The van der Waals surface area contributed by atoms with Crippen LogP contribution in [0.5, 0.6) is 0 Å². The van der Waals surface area contributed by atoms with Crippen LogP contribution < -0.4 is 5.73 Å². The zero-order valence-corrected chi connectivity index (χ0v) is 11.2. The summed E-state index contributed by atoms with van der Waals surface area (Å²) >= 11 is 0. The Hall–Kier alpha value is -1.52. The van der Waals surface area contributed by atoms with Crippen LogP contribution in [-0.4, -0.2) is 35.5 Å². The highest BCUT2D eigenvalue weighted by molar-refractivity contribution is 5.74. The van der Waals surface area contributed by atoms with E-state index < -0.39 is 0 Å². The number of rotatable bonds is 4. The lowest BCUT2D eigenvalue weighted by Gasteiger charge is -2.36. The molecule has 0 saturated carbocycles. The minimum atomic E-state index is -0.0915. The Kier molecular flexibility index (Phi) is 3.59. The Balaban J connectivity index is 2.51. The van der Waals surface area contributed by atoms with Crippen molar-refractivity contribution in [2.45, 2.75) is 18.9 Å². The third-order valence-corrected chi connectivity index (χ3v) is 3.69. The summed E-state index contributed by atoms with van der Waals surface area (Å²) in [6.45, 7) is 2.85. The van der Waals surface area contributed by atoms with Gasteiger partial charge in [0.25, 0.3) is 0 Å². The highest BCUT2D eigenvalue weighted by Crippen LogP contribution is 2.30. The van der Waals surface area contributed by atoms with Gasteiger partial charge in [-0.2, -0.15) is 0 Å². The summed E-state index contributed by atoms with van der Waals surface area (Å²) < 4.78 is 0. The van der Waals surface area contributed by atoms with Crippen molar-refractivity contribution < 1.29 is 0 Å². The van der Waals surface area contributed by atoms with Gasteiger partial charge in [0.1, 0.15) is 0 Å². The Morgan fingerprint density at radius 2 is 2.11 bits per heavy atom. The van der Waals surface area contributed by atoms with E-state index in [1.807, 2.05) is 18.3 Å². The van der Waals surface area contributed by atoms with Crippen molar-refractivity contribution in [1.82, 2.24) is 14.9 Å². The maximum Gasteiger partial charge on any atom is 0.159 e. The predicted octanol–water partition coefficient (Wildman–Crippen LogP) is 1.76. The molecule has 18 heavy (non-hydrogen) atoms. The third-order valence-electron chi connectivity index (χ3n) is 3.69. The van der Waals surface area contributed by atoms with Gasteiger partial charge in [0.2, 0.25) is 0 Å². The van der Waals surface area contributed by atoms with Crippen molar-refractivity contribution in [2.24, 2.45) is 5.73 Å². The van der Waals surface area contributed by atoms with Crippen molar-refractivity contribution >= 4 is 11.0 Å². The lowest BCUT2D eigenvalue weighted by molar-refractivity contribution is 0.163. The normalized spacial score (nSPS) is 14.9. The first-order valence-electron chi connectivity index (χ1n) is 6.16. The minimum absolute atomic E-state index is 0.0915. The fourth-order valence-electron chi connectivity index (χ4n) is 2.17. The monoisotopic (exact) mass is 244 g/mol. The summed E-state index contributed by atoms with van der Waals surface area (Å²) in [6.07, 6.45) is 4.57. The van der Waals surface area contributed by atoms with Gasteiger partial charge in [0.05, 0.1) is 0 Å². The molecular weight excluding hydrogens is 224 g/mol. The van der Waals surface area contributed by atoms with Gasteiger partial charge in [0.15, 0.2) is 5.65 Å². The van der Waals surface area contributed by atoms with Crippen molar-refractivity contribution in [3.05, 3.63) is 36.2 Å². The molecule has 0 spiro atoms. The fraction of sp³-hybridized carbons (Fsp3) is 0.429. The predicted molar refractivity (Wildman–Crippen MR) is 74.2 cm³/mol. The summed E-state index contributed by atoms with van der Waals surface area (Å²) in [4.78, 5) is 10.9.